The lowest BCUT2D eigenvalue weighted by molar-refractivity contribution is 0.718. The van der Waals surface area contributed by atoms with Crippen LogP contribution in [0.5, 0.6) is 0 Å². The Hall–Kier alpha value is -3.33. The Kier molecular flexibility index (Phi) is 3.88. The van der Waals surface area contributed by atoms with E-state index in [-0.39, 0.29) is 22.3 Å². The number of hydrogen-bond acceptors (Lipinski definition) is 4. The molecule has 0 spiro atoms. The van der Waals surface area contributed by atoms with Gasteiger partial charge in [-0.05, 0) is 37.8 Å². The predicted octanol–water partition coefficient (Wildman–Crippen LogP) is 2.42. The number of nitrogens with two attached hydrogens (primary N) is 1. The zero-order chi connectivity index (χ0) is 19.3. The lowest BCUT2D eigenvalue weighted by Gasteiger charge is -2.26. The molecule has 6 heteroatoms. The summed E-state index contributed by atoms with van der Waals surface area (Å²) < 4.78 is 3.03. The highest BCUT2D eigenvalue weighted by Crippen LogP contribution is 2.37. The molecule has 6 nitrogen and oxygen atoms in total. The number of benzene rings is 1. The first-order valence-electron chi connectivity index (χ1n) is 9.15. The van der Waals surface area contributed by atoms with Crippen molar-refractivity contribution < 1.29 is 0 Å². The maximum atomic E-state index is 13.4. The third kappa shape index (κ3) is 2.18. The molecule has 2 heterocycles. The van der Waals surface area contributed by atoms with Crippen molar-refractivity contribution in [3.63, 3.8) is 0 Å². The second-order valence-corrected chi connectivity index (χ2v) is 6.71. The van der Waals surface area contributed by atoms with Gasteiger partial charge in [0.05, 0.1) is 11.1 Å². The second kappa shape index (κ2) is 6.13. The lowest BCUT2D eigenvalue weighted by atomic mass is 9.85. The van der Waals surface area contributed by atoms with E-state index in [1.54, 1.807) is 11.5 Å². The van der Waals surface area contributed by atoms with E-state index in [1.165, 1.54) is 10.1 Å². The molecular formula is C21H20N4O2. The van der Waals surface area contributed by atoms with Gasteiger partial charge in [-0.15, -0.1) is 0 Å². The summed E-state index contributed by atoms with van der Waals surface area (Å²) >= 11 is 0. The van der Waals surface area contributed by atoms with Gasteiger partial charge in [-0.1, -0.05) is 24.3 Å². The molecule has 0 radical (unpaired) electrons. The molecule has 0 bridgehead atoms. The minimum atomic E-state index is -0.431. The van der Waals surface area contributed by atoms with Crippen molar-refractivity contribution in [3.05, 3.63) is 61.7 Å². The van der Waals surface area contributed by atoms with Gasteiger partial charge in [0.2, 0.25) is 0 Å². The molecule has 4 rings (SSSR count). The van der Waals surface area contributed by atoms with Gasteiger partial charge >= 0.3 is 0 Å². The van der Waals surface area contributed by atoms with E-state index in [4.69, 9.17) is 5.73 Å². The molecule has 0 saturated heterocycles. The van der Waals surface area contributed by atoms with Gasteiger partial charge in [0.25, 0.3) is 11.1 Å². The SMILES string of the molecule is CCn1c(N)c2c(=O)n(CC)c3c(c2c(C#N)c1=O)CCc1ccccc1-3. The Labute approximate surface area is 156 Å². The Morgan fingerprint density at radius 3 is 2.41 bits per heavy atom. The third-order valence-corrected chi connectivity index (χ3v) is 5.48. The fourth-order valence-electron chi connectivity index (χ4n) is 4.28. The summed E-state index contributed by atoms with van der Waals surface area (Å²) in [5.74, 6) is 0.144. The third-order valence-electron chi connectivity index (χ3n) is 5.48. The molecule has 1 aliphatic carbocycles. The van der Waals surface area contributed by atoms with Gasteiger partial charge in [0.15, 0.2) is 0 Å². The van der Waals surface area contributed by atoms with Gasteiger partial charge in [-0.25, -0.2) is 0 Å². The first kappa shape index (κ1) is 17.1. The van der Waals surface area contributed by atoms with E-state index in [1.807, 2.05) is 31.2 Å². The van der Waals surface area contributed by atoms with Crippen LogP contribution in [0.1, 0.15) is 30.5 Å². The van der Waals surface area contributed by atoms with Crippen LogP contribution in [0, 0.1) is 11.3 Å². The molecule has 0 fully saturated rings. The molecule has 27 heavy (non-hydrogen) atoms. The highest BCUT2D eigenvalue weighted by Gasteiger charge is 2.28. The molecular weight excluding hydrogens is 340 g/mol. The average Bonchev–Trinajstić information content (AvgIpc) is 2.68. The Balaban J connectivity index is 2.34. The number of rotatable bonds is 2. The van der Waals surface area contributed by atoms with E-state index >= 15 is 0 Å². The van der Waals surface area contributed by atoms with Crippen LogP contribution >= 0.6 is 0 Å². The minimum Gasteiger partial charge on any atom is -0.384 e. The van der Waals surface area contributed by atoms with Crippen molar-refractivity contribution in [1.29, 1.82) is 5.26 Å². The number of aryl methyl sites for hydroxylation is 2. The number of nitrogen functional groups attached to an aromatic ring is 1. The van der Waals surface area contributed by atoms with Crippen LogP contribution in [0.4, 0.5) is 5.82 Å². The van der Waals surface area contributed by atoms with Crippen LogP contribution in [0.2, 0.25) is 0 Å². The Morgan fingerprint density at radius 1 is 1.04 bits per heavy atom. The van der Waals surface area contributed by atoms with Gasteiger partial charge in [-0.3, -0.25) is 14.2 Å². The topological polar surface area (TPSA) is 93.8 Å². The Morgan fingerprint density at radius 2 is 1.74 bits per heavy atom. The molecule has 1 aromatic carbocycles. The molecule has 0 unspecified atom stereocenters. The van der Waals surface area contributed by atoms with E-state index < -0.39 is 5.56 Å². The van der Waals surface area contributed by atoms with E-state index in [0.29, 0.717) is 24.9 Å². The van der Waals surface area contributed by atoms with Crippen LogP contribution in [0.3, 0.4) is 0 Å². The van der Waals surface area contributed by atoms with Crippen molar-refractivity contribution >= 4 is 16.6 Å². The number of nitriles is 1. The summed E-state index contributed by atoms with van der Waals surface area (Å²) in [4.78, 5) is 26.2. The van der Waals surface area contributed by atoms with Crippen LogP contribution in [-0.2, 0) is 25.9 Å². The minimum absolute atomic E-state index is 0.0111. The molecule has 0 saturated carbocycles. The summed E-state index contributed by atoms with van der Waals surface area (Å²) in [5, 5.41) is 10.4. The fourth-order valence-corrected chi connectivity index (χ4v) is 4.28. The molecule has 2 aromatic heterocycles. The summed E-state index contributed by atoms with van der Waals surface area (Å²) in [6.45, 7) is 4.48. The summed E-state index contributed by atoms with van der Waals surface area (Å²) in [6, 6.07) is 10.0. The number of anilines is 1. The quantitative estimate of drug-likeness (QED) is 0.759. The molecule has 0 aliphatic heterocycles. The molecule has 0 atom stereocenters. The highest BCUT2D eigenvalue weighted by atomic mass is 16.1. The summed E-state index contributed by atoms with van der Waals surface area (Å²) in [6.07, 6.45) is 1.45. The zero-order valence-electron chi connectivity index (χ0n) is 15.4. The van der Waals surface area contributed by atoms with Crippen LogP contribution in [0.25, 0.3) is 22.0 Å². The number of fused-ring (bicyclic) bond motifs is 5. The maximum Gasteiger partial charge on any atom is 0.270 e. The number of aromatic nitrogens is 2. The summed E-state index contributed by atoms with van der Waals surface area (Å²) in [7, 11) is 0. The predicted molar refractivity (Wildman–Crippen MR) is 106 cm³/mol. The smallest absolute Gasteiger partial charge is 0.270 e. The first-order chi connectivity index (χ1) is 13.0. The van der Waals surface area contributed by atoms with E-state index in [2.05, 4.69) is 6.07 Å². The van der Waals surface area contributed by atoms with Crippen LogP contribution in [-0.4, -0.2) is 9.13 Å². The monoisotopic (exact) mass is 360 g/mol. The van der Waals surface area contributed by atoms with Crippen molar-refractivity contribution in [2.75, 3.05) is 5.73 Å². The molecule has 2 N–H and O–H groups in total. The van der Waals surface area contributed by atoms with Crippen molar-refractivity contribution in [3.8, 4) is 17.3 Å². The number of pyridine rings is 2. The molecule has 1 aliphatic rings. The lowest BCUT2D eigenvalue weighted by Crippen LogP contribution is -2.32. The normalized spacial score (nSPS) is 12.5. The van der Waals surface area contributed by atoms with Gasteiger partial charge in [-0.2, -0.15) is 5.26 Å². The highest BCUT2D eigenvalue weighted by molar-refractivity contribution is 6.00. The standard InChI is InChI=1S/C21H20N4O2/c1-3-24-18-13-8-6-5-7-12(13)9-10-14(18)16-15(11-22)20(26)25(4-2)19(23)17(16)21(24)27/h5-8H,3-4,9-10,23H2,1-2H3. The van der Waals surface area contributed by atoms with Gasteiger partial charge < -0.3 is 10.3 Å². The van der Waals surface area contributed by atoms with Crippen LogP contribution < -0.4 is 16.9 Å². The van der Waals surface area contributed by atoms with Gasteiger partial charge in [0.1, 0.15) is 17.5 Å². The largest absolute Gasteiger partial charge is 0.384 e. The average molecular weight is 360 g/mol. The van der Waals surface area contributed by atoms with Crippen molar-refractivity contribution in [2.24, 2.45) is 0 Å². The van der Waals surface area contributed by atoms with Crippen molar-refractivity contribution in [1.82, 2.24) is 9.13 Å². The second-order valence-electron chi connectivity index (χ2n) is 6.71. The van der Waals surface area contributed by atoms with Crippen LogP contribution in [0.15, 0.2) is 33.9 Å². The fraction of sp³-hybridized carbons (Fsp3) is 0.286. The van der Waals surface area contributed by atoms with E-state index in [0.717, 1.165) is 23.2 Å². The molecule has 0 amide bonds. The number of nitrogens with zero attached hydrogens (tertiary/aromatic N) is 3. The molecule has 136 valence electrons. The Bertz CT molecular complexity index is 1260. The zero-order valence-corrected chi connectivity index (χ0v) is 15.4. The summed E-state index contributed by atoms with van der Waals surface area (Å²) in [5.41, 5.74) is 9.41. The van der Waals surface area contributed by atoms with Gasteiger partial charge in [0, 0.05) is 24.0 Å². The molecule has 3 aromatic rings. The first-order valence-corrected chi connectivity index (χ1v) is 9.15. The number of hydrogen-bond donors (Lipinski definition) is 1. The van der Waals surface area contributed by atoms with Crippen molar-refractivity contribution in [2.45, 2.75) is 39.8 Å². The maximum absolute atomic E-state index is 13.4. The van der Waals surface area contributed by atoms with E-state index in [9.17, 15) is 14.9 Å².